The van der Waals surface area contributed by atoms with Gasteiger partial charge in [-0.25, -0.2) is 9.97 Å². The maximum Gasteiger partial charge on any atom is 0.237 e. The molecular weight excluding hydrogens is 588 g/mol. The molecule has 2 N–H and O–H groups in total. The van der Waals surface area contributed by atoms with E-state index < -0.39 is 0 Å². The van der Waals surface area contributed by atoms with E-state index in [1.165, 1.54) is 18.4 Å². The molecule has 0 spiro atoms. The number of rotatable bonds is 8. The largest absolute Gasteiger partial charge is 0.338 e. The van der Waals surface area contributed by atoms with Crippen LogP contribution in [0.3, 0.4) is 0 Å². The van der Waals surface area contributed by atoms with Crippen LogP contribution in [0.25, 0.3) is 39.1 Å². The van der Waals surface area contributed by atoms with Crippen molar-refractivity contribution in [3.05, 3.63) is 96.6 Å². The van der Waals surface area contributed by atoms with Crippen molar-refractivity contribution in [2.75, 3.05) is 38.0 Å². The van der Waals surface area contributed by atoms with Gasteiger partial charge < -0.3 is 10.2 Å². The minimum atomic E-state index is -0.166. The van der Waals surface area contributed by atoms with Crippen molar-refractivity contribution in [1.29, 1.82) is 0 Å². The number of benzene rings is 2. The van der Waals surface area contributed by atoms with E-state index in [0.29, 0.717) is 37.9 Å². The number of fused-ring (bicyclic) bond motifs is 1. The van der Waals surface area contributed by atoms with Crippen molar-refractivity contribution >= 4 is 34.0 Å². The van der Waals surface area contributed by atoms with Gasteiger partial charge in [0.05, 0.1) is 18.0 Å². The number of carbonyl (C=O) groups excluding carboxylic acids is 2. The van der Waals surface area contributed by atoms with E-state index in [2.05, 4.69) is 59.6 Å². The van der Waals surface area contributed by atoms with Gasteiger partial charge in [-0.15, -0.1) is 0 Å². The molecule has 0 bridgehead atoms. The Balaban J connectivity index is 0.850. The highest BCUT2D eigenvalue weighted by Gasteiger charge is 2.31. The summed E-state index contributed by atoms with van der Waals surface area (Å²) in [6, 6.07) is 20.1. The molecule has 1 unspecified atom stereocenters. The molecule has 2 aromatic carbocycles. The lowest BCUT2D eigenvalue weighted by Crippen LogP contribution is -2.41. The Morgan fingerprint density at radius 2 is 1.70 bits per heavy atom. The third-order valence-electron chi connectivity index (χ3n) is 9.52. The van der Waals surface area contributed by atoms with Crippen molar-refractivity contribution in [1.82, 2.24) is 34.9 Å². The van der Waals surface area contributed by atoms with E-state index in [0.717, 1.165) is 64.1 Å². The van der Waals surface area contributed by atoms with E-state index in [4.69, 9.17) is 0 Å². The SMILES string of the molecule is O=C(Nc1ccc2[nH]nc(-c3ccnc(C4CC4)c3)c2c1)C1CCN(CC(=O)N2CC=C(c3ccc(-c4ncccn4)cc3)CC2)C1. The minimum Gasteiger partial charge on any atom is -0.338 e. The molecule has 1 saturated heterocycles. The maximum atomic E-state index is 13.3. The fourth-order valence-corrected chi connectivity index (χ4v) is 6.68. The van der Waals surface area contributed by atoms with E-state index in [9.17, 15) is 9.59 Å². The first-order valence-electron chi connectivity index (χ1n) is 16.4. The van der Waals surface area contributed by atoms with Crippen molar-refractivity contribution in [3.8, 4) is 22.6 Å². The summed E-state index contributed by atoms with van der Waals surface area (Å²) in [6.45, 7) is 2.91. The molecule has 1 saturated carbocycles. The number of nitrogens with zero attached hydrogens (tertiary/aromatic N) is 6. The molecule has 10 nitrogen and oxygen atoms in total. The zero-order valence-corrected chi connectivity index (χ0v) is 26.1. The molecule has 2 aliphatic heterocycles. The topological polar surface area (TPSA) is 120 Å². The van der Waals surface area contributed by atoms with Gasteiger partial charge in [0.1, 0.15) is 5.69 Å². The first kappa shape index (κ1) is 29.2. The van der Waals surface area contributed by atoms with Gasteiger partial charge in [-0.1, -0.05) is 30.3 Å². The van der Waals surface area contributed by atoms with Crippen molar-refractivity contribution in [3.63, 3.8) is 0 Å². The molecule has 2 amide bonds. The predicted octanol–water partition coefficient (Wildman–Crippen LogP) is 5.54. The fraction of sp³-hybridized carbons (Fsp3) is 0.297. The highest BCUT2D eigenvalue weighted by Crippen LogP contribution is 2.40. The van der Waals surface area contributed by atoms with Crippen LogP contribution in [0.4, 0.5) is 5.69 Å². The van der Waals surface area contributed by atoms with Crippen molar-refractivity contribution in [2.45, 2.75) is 31.6 Å². The first-order chi connectivity index (χ1) is 23.1. The second-order valence-corrected chi connectivity index (χ2v) is 12.8. The van der Waals surface area contributed by atoms with Crippen LogP contribution in [0.5, 0.6) is 0 Å². The number of nitrogens with one attached hydrogen (secondary N) is 2. The normalized spacial score (nSPS) is 18.3. The van der Waals surface area contributed by atoms with E-state index in [1.54, 1.807) is 12.4 Å². The molecule has 5 aromatic rings. The van der Waals surface area contributed by atoms with Gasteiger partial charge in [0.25, 0.3) is 0 Å². The Labute approximate surface area is 273 Å². The number of amides is 2. The molecule has 3 aromatic heterocycles. The van der Waals surface area contributed by atoms with Crippen LogP contribution in [0.2, 0.25) is 0 Å². The zero-order chi connectivity index (χ0) is 31.7. The second kappa shape index (κ2) is 12.5. The van der Waals surface area contributed by atoms with Gasteiger partial charge in [0.2, 0.25) is 11.8 Å². The molecule has 1 aliphatic carbocycles. The third kappa shape index (κ3) is 6.29. The van der Waals surface area contributed by atoms with Crippen LogP contribution < -0.4 is 5.32 Å². The molecule has 10 heteroatoms. The van der Waals surface area contributed by atoms with Gasteiger partial charge in [0, 0.05) is 72.0 Å². The molecule has 47 heavy (non-hydrogen) atoms. The van der Waals surface area contributed by atoms with Crippen LogP contribution in [-0.2, 0) is 9.59 Å². The number of H-pyrrole nitrogens is 1. The van der Waals surface area contributed by atoms with Gasteiger partial charge in [-0.05, 0) is 79.8 Å². The molecule has 2 fully saturated rings. The number of aromatic nitrogens is 5. The summed E-state index contributed by atoms with van der Waals surface area (Å²) in [5.74, 6) is 1.20. The quantitative estimate of drug-likeness (QED) is 0.233. The number of likely N-dealkylation sites (tertiary alicyclic amines) is 1. The highest BCUT2D eigenvalue weighted by molar-refractivity contribution is 5.99. The van der Waals surface area contributed by atoms with E-state index >= 15 is 0 Å². The van der Waals surface area contributed by atoms with Crippen LogP contribution in [-0.4, -0.2) is 79.5 Å². The molecular formula is C37H36N8O2. The highest BCUT2D eigenvalue weighted by atomic mass is 16.2. The maximum absolute atomic E-state index is 13.3. The molecule has 0 radical (unpaired) electrons. The molecule has 3 aliphatic rings. The Bertz CT molecular complexity index is 1970. The Hall–Kier alpha value is -5.22. The van der Waals surface area contributed by atoms with Crippen LogP contribution >= 0.6 is 0 Å². The summed E-state index contributed by atoms with van der Waals surface area (Å²) in [5.41, 5.74) is 8.07. The summed E-state index contributed by atoms with van der Waals surface area (Å²) in [7, 11) is 0. The molecule has 236 valence electrons. The number of hydrogen-bond donors (Lipinski definition) is 2. The Morgan fingerprint density at radius 3 is 2.49 bits per heavy atom. The number of anilines is 1. The van der Waals surface area contributed by atoms with Gasteiger partial charge >= 0.3 is 0 Å². The standard InChI is InChI=1S/C37H36N8O2/c46-34(45-18-12-25(13-19-45)24-2-6-27(7-3-24)36-39-14-1-15-40-36)23-44-17-11-29(22-44)37(47)41-30-8-9-32-31(21-30)35(43-42-32)28-10-16-38-33(20-28)26-4-5-26/h1-3,6-10,12,14-16,20-21,26,29H,4-5,11,13,17-19,22-23H2,(H,41,47)(H,42,43). The number of hydrogen-bond acceptors (Lipinski definition) is 7. The zero-order valence-electron chi connectivity index (χ0n) is 26.1. The van der Waals surface area contributed by atoms with Crippen LogP contribution in [0.1, 0.15) is 42.9 Å². The third-order valence-corrected chi connectivity index (χ3v) is 9.52. The lowest BCUT2D eigenvalue weighted by molar-refractivity contribution is -0.132. The smallest absolute Gasteiger partial charge is 0.237 e. The molecule has 8 rings (SSSR count). The summed E-state index contributed by atoms with van der Waals surface area (Å²) < 4.78 is 0. The average Bonchev–Trinajstić information content (AvgIpc) is 3.73. The van der Waals surface area contributed by atoms with Crippen LogP contribution in [0, 0.1) is 5.92 Å². The fourth-order valence-electron chi connectivity index (χ4n) is 6.68. The van der Waals surface area contributed by atoms with Gasteiger partial charge in [-0.3, -0.25) is 24.6 Å². The second-order valence-electron chi connectivity index (χ2n) is 12.8. The Morgan fingerprint density at radius 1 is 0.872 bits per heavy atom. The number of pyridine rings is 1. The Kier molecular flexibility index (Phi) is 7.78. The molecule has 1 atom stereocenters. The van der Waals surface area contributed by atoms with E-state index in [-0.39, 0.29) is 17.7 Å². The van der Waals surface area contributed by atoms with Crippen molar-refractivity contribution < 1.29 is 9.59 Å². The summed E-state index contributed by atoms with van der Waals surface area (Å²) >= 11 is 0. The van der Waals surface area contributed by atoms with Gasteiger partial charge in [0.15, 0.2) is 5.82 Å². The minimum absolute atomic E-state index is 0.0142. The number of carbonyl (C=O) groups is 2. The van der Waals surface area contributed by atoms with Crippen LogP contribution in [0.15, 0.2) is 85.3 Å². The van der Waals surface area contributed by atoms with E-state index in [1.807, 2.05) is 53.6 Å². The lowest BCUT2D eigenvalue weighted by atomic mass is 9.98. The number of aromatic amines is 1. The first-order valence-corrected chi connectivity index (χ1v) is 16.4. The summed E-state index contributed by atoms with van der Waals surface area (Å²) in [5, 5.41) is 11.8. The van der Waals surface area contributed by atoms with Crippen molar-refractivity contribution in [2.24, 2.45) is 5.92 Å². The van der Waals surface area contributed by atoms with Gasteiger partial charge in [-0.2, -0.15) is 5.10 Å². The molecule has 5 heterocycles. The summed E-state index contributed by atoms with van der Waals surface area (Å²) in [6.07, 6.45) is 11.4. The monoisotopic (exact) mass is 624 g/mol. The average molecular weight is 625 g/mol. The lowest BCUT2D eigenvalue weighted by Gasteiger charge is -2.28. The predicted molar refractivity (Wildman–Crippen MR) is 181 cm³/mol. The summed E-state index contributed by atoms with van der Waals surface area (Å²) in [4.78, 5) is 43.7.